The molecule has 0 saturated heterocycles. The molecule has 0 bridgehead atoms. The summed E-state index contributed by atoms with van der Waals surface area (Å²) < 4.78 is 0. The van der Waals surface area contributed by atoms with E-state index in [1.807, 2.05) is 42.5 Å². The van der Waals surface area contributed by atoms with Crippen LogP contribution in [0.1, 0.15) is 16.7 Å². The number of hydrogen-bond acceptors (Lipinski definition) is 2. The molecule has 0 aliphatic carbocycles. The summed E-state index contributed by atoms with van der Waals surface area (Å²) in [6.45, 7) is 0.682. The predicted molar refractivity (Wildman–Crippen MR) is 69.2 cm³/mol. The van der Waals surface area contributed by atoms with E-state index in [0.29, 0.717) is 6.54 Å². The summed E-state index contributed by atoms with van der Waals surface area (Å²) in [5, 5.41) is 1.75. The monoisotopic (exact) mass is 220 g/mol. The number of anilines is 1. The molecule has 82 valence electrons. The third-order valence-corrected chi connectivity index (χ3v) is 2.90. The molecule has 2 heteroatoms. The lowest BCUT2D eigenvalue weighted by Crippen LogP contribution is -2.31. The molecule has 0 aromatic heterocycles. The molecule has 0 saturated carbocycles. The van der Waals surface area contributed by atoms with Crippen molar-refractivity contribution in [1.82, 2.24) is 0 Å². The van der Waals surface area contributed by atoms with E-state index in [9.17, 15) is 0 Å². The minimum Gasteiger partial charge on any atom is -0.305 e. The highest BCUT2D eigenvalue weighted by molar-refractivity contribution is 5.63. The van der Waals surface area contributed by atoms with Gasteiger partial charge in [0.25, 0.3) is 0 Å². The van der Waals surface area contributed by atoms with Crippen molar-refractivity contribution in [3.8, 4) is 11.8 Å². The Morgan fingerprint density at radius 3 is 2.41 bits per heavy atom. The van der Waals surface area contributed by atoms with Crippen LogP contribution < -0.4 is 10.9 Å². The third kappa shape index (κ3) is 1.77. The summed E-state index contributed by atoms with van der Waals surface area (Å²) in [4.78, 5) is 0. The SMILES string of the molecule is NN1Cc2ccccc2C#Cc2ccccc21. The largest absolute Gasteiger partial charge is 0.305 e. The van der Waals surface area contributed by atoms with Crippen molar-refractivity contribution < 1.29 is 0 Å². The predicted octanol–water partition coefficient (Wildman–Crippen LogP) is 2.28. The molecule has 0 fully saturated rings. The molecule has 2 N–H and O–H groups in total. The first kappa shape index (κ1) is 9.95. The van der Waals surface area contributed by atoms with Gasteiger partial charge in [0.2, 0.25) is 0 Å². The molecule has 1 aliphatic rings. The van der Waals surface area contributed by atoms with Crippen molar-refractivity contribution in [3.05, 3.63) is 65.2 Å². The van der Waals surface area contributed by atoms with Crippen LogP contribution in [-0.4, -0.2) is 0 Å². The van der Waals surface area contributed by atoms with Gasteiger partial charge in [-0.1, -0.05) is 42.2 Å². The Hall–Kier alpha value is -2.24. The van der Waals surface area contributed by atoms with Crippen LogP contribution in [0.3, 0.4) is 0 Å². The van der Waals surface area contributed by atoms with E-state index in [4.69, 9.17) is 5.84 Å². The maximum absolute atomic E-state index is 6.10. The Morgan fingerprint density at radius 1 is 0.882 bits per heavy atom. The molecule has 2 nitrogen and oxygen atoms in total. The van der Waals surface area contributed by atoms with Crippen molar-refractivity contribution in [3.63, 3.8) is 0 Å². The van der Waals surface area contributed by atoms with Crippen LogP contribution in [0.5, 0.6) is 0 Å². The van der Waals surface area contributed by atoms with Gasteiger partial charge in [0.15, 0.2) is 0 Å². The standard InChI is InChI=1S/C15H12N2/c16-17-11-14-7-2-1-5-12(14)9-10-13-6-3-4-8-15(13)17/h1-8H,11,16H2. The third-order valence-electron chi connectivity index (χ3n) is 2.90. The summed E-state index contributed by atoms with van der Waals surface area (Å²) in [6.07, 6.45) is 0. The molecular formula is C15H12N2. The maximum atomic E-state index is 6.10. The van der Waals surface area contributed by atoms with Crippen LogP contribution in [0.15, 0.2) is 48.5 Å². The molecule has 1 aliphatic heterocycles. The second-order valence-corrected chi connectivity index (χ2v) is 4.05. The molecular weight excluding hydrogens is 208 g/mol. The van der Waals surface area contributed by atoms with Gasteiger partial charge < -0.3 is 5.01 Å². The zero-order valence-electron chi connectivity index (χ0n) is 9.35. The summed E-state index contributed by atoms with van der Waals surface area (Å²) in [6, 6.07) is 16.1. The molecule has 2 aromatic rings. The molecule has 0 radical (unpaired) electrons. The Labute approximate surface area is 101 Å². The minimum absolute atomic E-state index is 0.682. The first-order valence-electron chi connectivity index (χ1n) is 5.56. The number of benzene rings is 2. The molecule has 3 rings (SSSR count). The number of nitrogens with two attached hydrogens (primary N) is 1. The van der Waals surface area contributed by atoms with Crippen LogP contribution in [0.25, 0.3) is 0 Å². The maximum Gasteiger partial charge on any atom is 0.0677 e. The van der Waals surface area contributed by atoms with Gasteiger partial charge in [-0.25, -0.2) is 5.84 Å². The van der Waals surface area contributed by atoms with E-state index in [2.05, 4.69) is 17.9 Å². The van der Waals surface area contributed by atoms with Gasteiger partial charge in [-0.15, -0.1) is 0 Å². The molecule has 0 unspecified atom stereocenters. The van der Waals surface area contributed by atoms with Crippen LogP contribution in [0, 0.1) is 11.8 Å². The average Bonchev–Trinajstić information content (AvgIpc) is 2.36. The molecule has 0 spiro atoms. The van der Waals surface area contributed by atoms with Gasteiger partial charge in [0.05, 0.1) is 12.2 Å². The summed E-state index contributed by atoms with van der Waals surface area (Å²) in [5.41, 5.74) is 4.17. The highest BCUT2D eigenvalue weighted by Gasteiger charge is 2.10. The highest BCUT2D eigenvalue weighted by atomic mass is 15.4. The van der Waals surface area contributed by atoms with Crippen LogP contribution in [-0.2, 0) is 6.54 Å². The molecule has 0 amide bonds. The Balaban J connectivity index is 2.20. The minimum atomic E-state index is 0.682. The first-order valence-corrected chi connectivity index (χ1v) is 5.56. The average molecular weight is 220 g/mol. The number of hydrogen-bond donors (Lipinski definition) is 1. The Kier molecular flexibility index (Phi) is 2.32. The van der Waals surface area contributed by atoms with Crippen molar-refractivity contribution in [2.24, 2.45) is 5.84 Å². The highest BCUT2D eigenvalue weighted by Crippen LogP contribution is 2.22. The normalized spacial score (nSPS) is 12.6. The van der Waals surface area contributed by atoms with Crippen LogP contribution in [0.4, 0.5) is 5.69 Å². The Bertz CT molecular complexity index is 620. The topological polar surface area (TPSA) is 29.3 Å². The second-order valence-electron chi connectivity index (χ2n) is 4.05. The van der Waals surface area contributed by atoms with Gasteiger partial charge in [0, 0.05) is 11.1 Å². The summed E-state index contributed by atoms with van der Waals surface area (Å²) in [5.74, 6) is 12.5. The molecule has 0 atom stereocenters. The van der Waals surface area contributed by atoms with Crippen molar-refractivity contribution in [2.75, 3.05) is 5.01 Å². The van der Waals surface area contributed by atoms with Gasteiger partial charge >= 0.3 is 0 Å². The zero-order valence-corrected chi connectivity index (χ0v) is 9.35. The smallest absolute Gasteiger partial charge is 0.0677 e. The second kappa shape index (κ2) is 3.97. The number of hydrazine groups is 1. The first-order chi connectivity index (χ1) is 8.34. The fraction of sp³-hybridized carbons (Fsp3) is 0.0667. The summed E-state index contributed by atoms with van der Waals surface area (Å²) in [7, 11) is 0. The van der Waals surface area contributed by atoms with Gasteiger partial charge in [-0.3, -0.25) is 0 Å². The molecule has 1 heterocycles. The van der Waals surface area contributed by atoms with Crippen molar-refractivity contribution >= 4 is 5.69 Å². The van der Waals surface area contributed by atoms with Gasteiger partial charge in [-0.2, -0.15) is 0 Å². The van der Waals surface area contributed by atoms with E-state index >= 15 is 0 Å². The fourth-order valence-corrected chi connectivity index (χ4v) is 2.01. The quantitative estimate of drug-likeness (QED) is 0.545. The Morgan fingerprint density at radius 2 is 1.53 bits per heavy atom. The van der Waals surface area contributed by atoms with E-state index in [0.717, 1.165) is 22.4 Å². The number of para-hydroxylation sites is 1. The fourth-order valence-electron chi connectivity index (χ4n) is 2.01. The summed E-state index contributed by atoms with van der Waals surface area (Å²) >= 11 is 0. The lowest BCUT2D eigenvalue weighted by atomic mass is 10.0. The van der Waals surface area contributed by atoms with E-state index in [1.165, 1.54) is 0 Å². The van der Waals surface area contributed by atoms with Crippen LogP contribution >= 0.6 is 0 Å². The molecule has 17 heavy (non-hydrogen) atoms. The number of fused-ring (bicyclic) bond motifs is 2. The van der Waals surface area contributed by atoms with Crippen LogP contribution in [0.2, 0.25) is 0 Å². The van der Waals surface area contributed by atoms with Crippen molar-refractivity contribution in [2.45, 2.75) is 6.54 Å². The van der Waals surface area contributed by atoms with E-state index < -0.39 is 0 Å². The van der Waals surface area contributed by atoms with Gasteiger partial charge in [0.1, 0.15) is 0 Å². The molecule has 2 aromatic carbocycles. The lowest BCUT2D eigenvalue weighted by molar-refractivity contribution is 0.848. The number of nitrogens with zero attached hydrogens (tertiary/aromatic N) is 1. The lowest BCUT2D eigenvalue weighted by Gasteiger charge is -2.22. The number of rotatable bonds is 0. The van der Waals surface area contributed by atoms with E-state index in [1.54, 1.807) is 5.01 Å². The zero-order chi connectivity index (χ0) is 11.7. The van der Waals surface area contributed by atoms with E-state index in [-0.39, 0.29) is 0 Å². The van der Waals surface area contributed by atoms with Gasteiger partial charge in [-0.05, 0) is 23.8 Å². The van der Waals surface area contributed by atoms with Crippen molar-refractivity contribution in [1.29, 1.82) is 0 Å².